The van der Waals surface area contributed by atoms with E-state index in [2.05, 4.69) is 39.8 Å². The third kappa shape index (κ3) is 5.85. The van der Waals surface area contributed by atoms with Gasteiger partial charge in [-0.05, 0) is 43.1 Å². The average Bonchev–Trinajstić information content (AvgIpc) is 3.10. The maximum Gasteiger partial charge on any atom is 0.341 e. The van der Waals surface area contributed by atoms with Crippen LogP contribution in [0.25, 0.3) is 0 Å². The highest BCUT2D eigenvalue weighted by Crippen LogP contribution is 2.34. The minimum Gasteiger partial charge on any atom is -0.465 e. The van der Waals surface area contributed by atoms with Crippen molar-refractivity contribution in [2.24, 2.45) is 0 Å². The normalized spacial score (nSPS) is 14.6. The molecule has 1 fully saturated rings. The number of carbonyl (C=O) groups is 2. The first-order valence-electron chi connectivity index (χ1n) is 10.6. The molecule has 0 bridgehead atoms. The van der Waals surface area contributed by atoms with Gasteiger partial charge >= 0.3 is 5.97 Å². The molecule has 0 radical (unpaired) electrons. The Morgan fingerprint density at radius 1 is 1.22 bits per heavy atom. The van der Waals surface area contributed by atoms with Crippen molar-refractivity contribution in [3.8, 4) is 0 Å². The van der Waals surface area contributed by atoms with Crippen LogP contribution >= 0.6 is 23.6 Å². The second kappa shape index (κ2) is 10.9. The Balaban J connectivity index is 1.60. The van der Waals surface area contributed by atoms with Gasteiger partial charge in [0.25, 0.3) is 5.91 Å². The molecule has 0 aliphatic carbocycles. The van der Waals surface area contributed by atoms with Crippen LogP contribution in [-0.2, 0) is 11.3 Å². The Kier molecular flexibility index (Phi) is 8.22. The molecule has 2 heterocycles. The molecule has 3 rings (SSSR count). The minimum atomic E-state index is -0.490. The van der Waals surface area contributed by atoms with E-state index in [4.69, 9.17) is 17.0 Å². The van der Waals surface area contributed by atoms with Crippen LogP contribution in [0.15, 0.2) is 30.3 Å². The Bertz CT molecular complexity index is 967. The molecular formula is C23H30N4O3S2. The zero-order valence-electron chi connectivity index (χ0n) is 18.9. The molecule has 1 aliphatic heterocycles. The lowest BCUT2D eigenvalue weighted by Gasteiger charge is -2.33. The van der Waals surface area contributed by atoms with Gasteiger partial charge in [0, 0.05) is 39.8 Å². The van der Waals surface area contributed by atoms with E-state index in [0.29, 0.717) is 26.1 Å². The average molecular weight is 475 g/mol. The number of ether oxygens (including phenoxy) is 1. The van der Waals surface area contributed by atoms with Crippen LogP contribution < -0.4 is 10.6 Å². The van der Waals surface area contributed by atoms with Crippen molar-refractivity contribution in [1.29, 1.82) is 0 Å². The van der Waals surface area contributed by atoms with Gasteiger partial charge in [-0.25, -0.2) is 4.79 Å². The largest absolute Gasteiger partial charge is 0.465 e. The second-order valence-corrected chi connectivity index (χ2v) is 9.51. The summed E-state index contributed by atoms with van der Waals surface area (Å²) >= 11 is 6.75. The zero-order valence-corrected chi connectivity index (χ0v) is 20.6. The highest BCUT2D eigenvalue weighted by atomic mass is 32.1. The molecule has 172 valence electrons. The summed E-state index contributed by atoms with van der Waals surface area (Å²) in [5.41, 5.74) is 2.27. The van der Waals surface area contributed by atoms with E-state index in [1.54, 1.807) is 21.0 Å². The third-order valence-corrected chi connectivity index (χ3v) is 6.95. The summed E-state index contributed by atoms with van der Waals surface area (Å²) in [7, 11) is 4.70. The van der Waals surface area contributed by atoms with Crippen LogP contribution in [0, 0.1) is 6.92 Å². The summed E-state index contributed by atoms with van der Waals surface area (Å²) in [5.74, 6) is -0.647. The summed E-state index contributed by atoms with van der Waals surface area (Å²) in [6.07, 6.45) is 1.96. The van der Waals surface area contributed by atoms with Crippen LogP contribution in [0.5, 0.6) is 0 Å². The van der Waals surface area contributed by atoms with Crippen molar-refractivity contribution >= 4 is 45.5 Å². The number of esters is 1. The topological polar surface area (TPSA) is 73.9 Å². The fourth-order valence-corrected chi connectivity index (χ4v) is 5.31. The molecule has 32 heavy (non-hydrogen) atoms. The third-order valence-electron chi connectivity index (χ3n) is 5.54. The highest BCUT2D eigenvalue weighted by Gasteiger charge is 2.27. The summed E-state index contributed by atoms with van der Waals surface area (Å²) in [4.78, 5) is 29.3. The van der Waals surface area contributed by atoms with Crippen molar-refractivity contribution in [2.75, 3.05) is 39.6 Å². The van der Waals surface area contributed by atoms with Gasteiger partial charge < -0.3 is 20.3 Å². The van der Waals surface area contributed by atoms with Gasteiger partial charge in [0.15, 0.2) is 5.11 Å². The van der Waals surface area contributed by atoms with Gasteiger partial charge in [0.1, 0.15) is 5.00 Å². The van der Waals surface area contributed by atoms with Crippen LogP contribution in [0.1, 0.15) is 44.0 Å². The SMILES string of the molecule is COC(=O)c1c(NC(=S)NC2CCN(Cc3ccccc3)CC2)sc(C(=O)N(C)C)c1C. The second-order valence-electron chi connectivity index (χ2n) is 8.09. The van der Waals surface area contributed by atoms with E-state index in [1.165, 1.54) is 28.9 Å². The van der Waals surface area contributed by atoms with Gasteiger partial charge in [-0.15, -0.1) is 11.3 Å². The van der Waals surface area contributed by atoms with E-state index >= 15 is 0 Å². The van der Waals surface area contributed by atoms with Gasteiger partial charge in [-0.3, -0.25) is 9.69 Å². The summed E-state index contributed by atoms with van der Waals surface area (Å²) < 4.78 is 4.94. The highest BCUT2D eigenvalue weighted by molar-refractivity contribution is 7.80. The quantitative estimate of drug-likeness (QED) is 0.490. The number of thiophene rings is 1. The first-order chi connectivity index (χ1) is 15.3. The van der Waals surface area contributed by atoms with Gasteiger partial charge in [0.2, 0.25) is 0 Å². The zero-order chi connectivity index (χ0) is 23.3. The molecule has 2 aromatic rings. The Labute approximate surface area is 198 Å². The van der Waals surface area contributed by atoms with E-state index in [-0.39, 0.29) is 11.9 Å². The van der Waals surface area contributed by atoms with Crippen LogP contribution in [0.3, 0.4) is 0 Å². The number of hydrogen-bond acceptors (Lipinski definition) is 6. The Hall–Kier alpha value is -2.49. The number of piperidine rings is 1. The Morgan fingerprint density at radius 3 is 2.47 bits per heavy atom. The summed E-state index contributed by atoms with van der Waals surface area (Å²) in [5, 5.41) is 7.47. The van der Waals surface area contributed by atoms with Crippen molar-refractivity contribution in [3.05, 3.63) is 51.9 Å². The van der Waals surface area contributed by atoms with E-state index in [0.717, 1.165) is 32.5 Å². The fourth-order valence-electron chi connectivity index (χ4n) is 3.76. The van der Waals surface area contributed by atoms with E-state index in [1.807, 2.05) is 6.07 Å². The lowest BCUT2D eigenvalue weighted by molar-refractivity contribution is 0.0601. The van der Waals surface area contributed by atoms with Gasteiger partial charge in [-0.1, -0.05) is 30.3 Å². The number of carbonyl (C=O) groups excluding carboxylic acids is 2. The van der Waals surface area contributed by atoms with E-state index < -0.39 is 5.97 Å². The van der Waals surface area contributed by atoms with Crippen molar-refractivity contribution in [1.82, 2.24) is 15.1 Å². The smallest absolute Gasteiger partial charge is 0.341 e. The molecule has 1 aromatic carbocycles. The molecular weight excluding hydrogens is 444 g/mol. The lowest BCUT2D eigenvalue weighted by atomic mass is 10.0. The first-order valence-corrected chi connectivity index (χ1v) is 11.8. The predicted molar refractivity (Wildman–Crippen MR) is 133 cm³/mol. The molecule has 0 saturated carbocycles. The van der Waals surface area contributed by atoms with Crippen molar-refractivity contribution < 1.29 is 14.3 Å². The van der Waals surface area contributed by atoms with Crippen LogP contribution in [0.4, 0.5) is 5.00 Å². The van der Waals surface area contributed by atoms with Crippen molar-refractivity contribution in [3.63, 3.8) is 0 Å². The van der Waals surface area contributed by atoms with Gasteiger partial charge in [0.05, 0.1) is 17.6 Å². The standard InChI is InChI=1S/C23H30N4O3S2/c1-15-18(22(29)30-4)20(32-19(15)21(28)26(2)3)25-23(31)24-17-10-12-27(13-11-17)14-16-8-6-5-7-9-16/h5-9,17H,10-14H2,1-4H3,(H2,24,25,31). The van der Waals surface area contributed by atoms with Crippen molar-refractivity contribution in [2.45, 2.75) is 32.4 Å². The predicted octanol–water partition coefficient (Wildman–Crippen LogP) is 3.50. The molecule has 1 aromatic heterocycles. The molecule has 1 saturated heterocycles. The molecule has 0 atom stereocenters. The number of benzene rings is 1. The number of likely N-dealkylation sites (tertiary alicyclic amines) is 1. The van der Waals surface area contributed by atoms with Crippen LogP contribution in [-0.4, -0.2) is 67.1 Å². The molecule has 0 spiro atoms. The fraction of sp³-hybridized carbons (Fsp3) is 0.435. The molecule has 2 N–H and O–H groups in total. The van der Waals surface area contributed by atoms with Crippen LogP contribution in [0.2, 0.25) is 0 Å². The maximum absolute atomic E-state index is 12.5. The Morgan fingerprint density at radius 2 is 1.88 bits per heavy atom. The number of hydrogen-bond donors (Lipinski definition) is 2. The molecule has 0 unspecified atom stereocenters. The molecule has 1 aliphatic rings. The number of amides is 1. The summed E-state index contributed by atoms with van der Waals surface area (Å²) in [6.45, 7) is 4.68. The molecule has 7 nitrogen and oxygen atoms in total. The minimum absolute atomic E-state index is 0.157. The number of nitrogens with one attached hydrogen (secondary N) is 2. The van der Waals surface area contributed by atoms with Gasteiger partial charge in [-0.2, -0.15) is 0 Å². The first kappa shape index (κ1) is 24.2. The molecule has 1 amide bonds. The number of anilines is 1. The molecule has 9 heteroatoms. The number of rotatable bonds is 6. The lowest BCUT2D eigenvalue weighted by Crippen LogP contribution is -2.45. The number of thiocarbonyl (C=S) groups is 1. The van der Waals surface area contributed by atoms with E-state index in [9.17, 15) is 9.59 Å². The maximum atomic E-state index is 12.5. The number of methoxy groups -OCH3 is 1. The monoisotopic (exact) mass is 474 g/mol. The number of nitrogens with zero attached hydrogens (tertiary/aromatic N) is 2. The summed E-state index contributed by atoms with van der Waals surface area (Å²) in [6, 6.07) is 10.7.